The highest BCUT2D eigenvalue weighted by Crippen LogP contribution is 1.88. The lowest BCUT2D eigenvalue weighted by atomic mass is 10.3. The lowest BCUT2D eigenvalue weighted by Gasteiger charge is -1.83. The van der Waals surface area contributed by atoms with E-state index in [1.807, 2.05) is 0 Å². The highest BCUT2D eigenvalue weighted by molar-refractivity contribution is 5.56. The topological polar surface area (TPSA) is 17.1 Å². The van der Waals surface area contributed by atoms with Crippen LogP contribution in [0.25, 0.3) is 0 Å². The third kappa shape index (κ3) is 1.88. The first kappa shape index (κ1) is 5.60. The molecule has 0 aliphatic heterocycles. The van der Waals surface area contributed by atoms with Crippen LogP contribution in [0.5, 0.6) is 0 Å². The molecule has 0 saturated carbocycles. The number of alkyl halides is 1. The molecule has 1 nitrogen and oxygen atoms in total. The maximum absolute atomic E-state index is 11.4. The Morgan fingerprint density at radius 3 is 2.50 bits per heavy atom. The molecule has 35 valence electrons. The van der Waals surface area contributed by atoms with E-state index < -0.39 is 6.17 Å². The molecule has 0 N–H and O–H groups in total. The molecule has 0 rings (SSSR count). The van der Waals surface area contributed by atoms with Gasteiger partial charge in [0.25, 0.3) is 0 Å². The summed E-state index contributed by atoms with van der Waals surface area (Å²) in [5.74, 6) is 0. The minimum Gasteiger partial charge on any atom is -0.287 e. The van der Waals surface area contributed by atoms with Crippen molar-refractivity contribution in [3.05, 3.63) is 0 Å². The molecule has 0 unspecified atom stereocenters. The molecule has 0 aromatic carbocycles. The minimum atomic E-state index is -1.37. The van der Waals surface area contributed by atoms with Gasteiger partial charge in [0.15, 0.2) is 6.17 Å². The van der Waals surface area contributed by atoms with Crippen molar-refractivity contribution in [1.82, 2.24) is 0 Å². The van der Waals surface area contributed by atoms with Gasteiger partial charge in [-0.15, -0.1) is 0 Å². The van der Waals surface area contributed by atoms with Gasteiger partial charge >= 0.3 is 0 Å². The summed E-state index contributed by atoms with van der Waals surface area (Å²) < 4.78 is 11.4. The van der Waals surface area contributed by atoms with Crippen molar-refractivity contribution in [2.24, 2.45) is 0 Å². The summed E-state index contributed by atoms with van der Waals surface area (Å²) in [4.78, 5) is 9.24. The second-order valence-corrected chi connectivity index (χ2v) is 0.994. The van der Waals surface area contributed by atoms with Crippen molar-refractivity contribution in [3.63, 3.8) is 0 Å². The van der Waals surface area contributed by atoms with E-state index in [-0.39, 0.29) is 6.42 Å². The van der Waals surface area contributed by atoms with Gasteiger partial charge in [-0.25, -0.2) is 4.39 Å². The fourth-order valence-corrected chi connectivity index (χ4v) is 0.0833. The Morgan fingerprint density at radius 1 is 2.00 bits per heavy atom. The monoisotopic (exact) mass is 89.0 g/mol. The third-order valence-corrected chi connectivity index (χ3v) is 0.486. The number of halogens is 1. The Labute approximate surface area is 36.2 Å². The van der Waals surface area contributed by atoms with Gasteiger partial charge in [0.1, 0.15) is 0 Å². The van der Waals surface area contributed by atoms with Crippen LogP contribution < -0.4 is 0 Å². The maximum atomic E-state index is 11.4. The van der Waals surface area contributed by atoms with Crippen LogP contribution in [-0.4, -0.2) is 12.5 Å². The molecule has 0 aromatic heterocycles. The van der Waals surface area contributed by atoms with Gasteiger partial charge in [-0.1, -0.05) is 6.92 Å². The summed E-state index contributed by atoms with van der Waals surface area (Å²) in [7, 11) is 0. The van der Waals surface area contributed by atoms with Crippen LogP contribution in [0.3, 0.4) is 0 Å². The Morgan fingerprint density at radius 2 is 2.50 bits per heavy atom. The van der Waals surface area contributed by atoms with E-state index in [2.05, 4.69) is 0 Å². The molecule has 0 aliphatic carbocycles. The van der Waals surface area contributed by atoms with Crippen LogP contribution >= 0.6 is 0 Å². The van der Waals surface area contributed by atoms with Crippen molar-refractivity contribution in [1.29, 1.82) is 0 Å². The van der Waals surface area contributed by atoms with Crippen molar-refractivity contribution >= 4 is 6.29 Å². The summed E-state index contributed by atoms with van der Waals surface area (Å²) >= 11 is 0. The molecule has 0 amide bonds. The molecule has 0 aromatic rings. The molecular formula is C4H6FO. The zero-order chi connectivity index (χ0) is 4.99. The third-order valence-electron chi connectivity index (χ3n) is 0.486. The SMILES string of the molecule is CC[C@@H](F)[C]=O. The van der Waals surface area contributed by atoms with Gasteiger partial charge in [-0.05, 0) is 6.42 Å². The molecule has 0 aliphatic rings. The number of carbonyl (C=O) groups excluding carboxylic acids is 1. The maximum Gasteiger partial charge on any atom is 0.235 e. The Kier molecular flexibility index (Phi) is 2.63. The van der Waals surface area contributed by atoms with Crippen molar-refractivity contribution in [2.75, 3.05) is 0 Å². The van der Waals surface area contributed by atoms with Gasteiger partial charge in [0, 0.05) is 0 Å². The van der Waals surface area contributed by atoms with Crippen LogP contribution in [-0.2, 0) is 4.79 Å². The summed E-state index contributed by atoms with van der Waals surface area (Å²) in [6.45, 7) is 1.59. The average molecular weight is 89.1 g/mol. The van der Waals surface area contributed by atoms with E-state index in [9.17, 15) is 9.18 Å². The predicted octanol–water partition coefficient (Wildman–Crippen LogP) is 0.844. The highest BCUT2D eigenvalue weighted by Gasteiger charge is 1.96. The number of hydrogen-bond acceptors (Lipinski definition) is 1. The molecule has 2 heteroatoms. The second kappa shape index (κ2) is 2.82. The largest absolute Gasteiger partial charge is 0.287 e. The number of rotatable bonds is 2. The average Bonchev–Trinajstić information content (AvgIpc) is 1.65. The normalized spacial score (nSPS) is 13.7. The Hall–Kier alpha value is -0.400. The van der Waals surface area contributed by atoms with Gasteiger partial charge in [0.2, 0.25) is 6.29 Å². The zero-order valence-corrected chi connectivity index (χ0v) is 3.57. The molecular weight excluding hydrogens is 83.0 g/mol. The molecule has 1 radical (unpaired) electrons. The first-order valence-electron chi connectivity index (χ1n) is 1.83. The molecule has 6 heavy (non-hydrogen) atoms. The molecule has 0 bridgehead atoms. The van der Waals surface area contributed by atoms with Crippen LogP contribution in [0.4, 0.5) is 4.39 Å². The van der Waals surface area contributed by atoms with E-state index in [1.54, 1.807) is 6.92 Å². The Bertz CT molecular complexity index is 44.8. The van der Waals surface area contributed by atoms with E-state index in [4.69, 9.17) is 0 Å². The summed E-state index contributed by atoms with van der Waals surface area (Å²) in [5, 5.41) is 0. The molecule has 0 fully saturated rings. The fraction of sp³-hybridized carbons (Fsp3) is 0.750. The first-order chi connectivity index (χ1) is 2.81. The van der Waals surface area contributed by atoms with Crippen LogP contribution in [0.1, 0.15) is 13.3 Å². The smallest absolute Gasteiger partial charge is 0.235 e. The van der Waals surface area contributed by atoms with Crippen LogP contribution in [0, 0.1) is 0 Å². The lowest BCUT2D eigenvalue weighted by Crippen LogP contribution is -1.95. The Balaban J connectivity index is 2.96. The molecule has 0 spiro atoms. The summed E-state index contributed by atoms with van der Waals surface area (Å²) in [5.41, 5.74) is 0. The minimum absolute atomic E-state index is 0.240. The molecule has 1 atom stereocenters. The lowest BCUT2D eigenvalue weighted by molar-refractivity contribution is 0.390. The van der Waals surface area contributed by atoms with Gasteiger partial charge in [0.05, 0.1) is 0 Å². The van der Waals surface area contributed by atoms with Gasteiger partial charge in [-0.3, -0.25) is 4.79 Å². The van der Waals surface area contributed by atoms with E-state index in [0.717, 1.165) is 0 Å². The van der Waals surface area contributed by atoms with E-state index >= 15 is 0 Å². The second-order valence-electron chi connectivity index (χ2n) is 0.994. The molecule has 0 saturated heterocycles. The van der Waals surface area contributed by atoms with Crippen LogP contribution in [0.2, 0.25) is 0 Å². The summed E-state index contributed by atoms with van der Waals surface area (Å²) in [6.07, 6.45) is 0.0671. The van der Waals surface area contributed by atoms with Gasteiger partial charge in [-0.2, -0.15) is 0 Å². The summed E-state index contributed by atoms with van der Waals surface area (Å²) in [6, 6.07) is 0. The quantitative estimate of drug-likeness (QED) is 0.490. The first-order valence-corrected chi connectivity index (χ1v) is 1.83. The van der Waals surface area contributed by atoms with Crippen molar-refractivity contribution in [2.45, 2.75) is 19.5 Å². The standard InChI is InChI=1S/C4H6FO/c1-2-4(5)3-6/h4H,2H2,1H3/t4-/m1/s1. The van der Waals surface area contributed by atoms with E-state index in [1.165, 1.54) is 6.29 Å². The fourth-order valence-electron chi connectivity index (χ4n) is 0.0833. The molecule has 0 heterocycles. The number of hydrogen-bond donors (Lipinski definition) is 0. The zero-order valence-electron chi connectivity index (χ0n) is 3.57. The van der Waals surface area contributed by atoms with Crippen LogP contribution in [0.15, 0.2) is 0 Å². The van der Waals surface area contributed by atoms with E-state index in [0.29, 0.717) is 0 Å². The van der Waals surface area contributed by atoms with Gasteiger partial charge < -0.3 is 0 Å². The van der Waals surface area contributed by atoms with Crippen molar-refractivity contribution in [3.8, 4) is 0 Å². The predicted molar refractivity (Wildman–Crippen MR) is 20.9 cm³/mol. The van der Waals surface area contributed by atoms with Crippen molar-refractivity contribution < 1.29 is 9.18 Å². The highest BCUT2D eigenvalue weighted by atomic mass is 19.1.